The third-order valence-electron chi connectivity index (χ3n) is 3.67. The zero-order valence-corrected chi connectivity index (χ0v) is 10.9. The number of fused-ring (bicyclic) bond motifs is 1. The van der Waals surface area contributed by atoms with E-state index >= 15 is 0 Å². The van der Waals surface area contributed by atoms with Crippen LogP contribution in [0.1, 0.15) is 41.7 Å². The number of rotatable bonds is 3. The molecule has 5 nitrogen and oxygen atoms in total. The molecule has 0 spiro atoms. The molecule has 0 saturated carbocycles. The van der Waals surface area contributed by atoms with Gasteiger partial charge in [-0.3, -0.25) is 4.68 Å². The van der Waals surface area contributed by atoms with Crippen molar-refractivity contribution >= 4 is 0 Å². The largest absolute Gasteiger partial charge is 0.449 e. The molecule has 0 amide bonds. The van der Waals surface area contributed by atoms with Gasteiger partial charge in [-0.2, -0.15) is 10.4 Å². The van der Waals surface area contributed by atoms with Gasteiger partial charge >= 0.3 is 0 Å². The highest BCUT2D eigenvalue weighted by molar-refractivity contribution is 5.25. The Kier molecular flexibility index (Phi) is 3.10. The molecule has 2 aromatic heterocycles. The maximum atomic E-state index is 8.73. The van der Waals surface area contributed by atoms with Gasteiger partial charge in [-0.15, -0.1) is 0 Å². The molecule has 0 aliphatic heterocycles. The molecule has 2 aromatic rings. The van der Waals surface area contributed by atoms with Gasteiger partial charge in [-0.1, -0.05) is 0 Å². The van der Waals surface area contributed by atoms with E-state index in [2.05, 4.69) is 10.4 Å². The van der Waals surface area contributed by atoms with Gasteiger partial charge in [0, 0.05) is 24.3 Å². The van der Waals surface area contributed by atoms with E-state index in [-0.39, 0.29) is 0 Å². The molecule has 0 bridgehead atoms. The first-order valence-corrected chi connectivity index (χ1v) is 6.51. The fourth-order valence-electron chi connectivity index (χ4n) is 2.68. The van der Waals surface area contributed by atoms with Gasteiger partial charge in [0.05, 0.1) is 12.7 Å². The first-order chi connectivity index (χ1) is 9.28. The van der Waals surface area contributed by atoms with Crippen LogP contribution >= 0.6 is 0 Å². The molecule has 0 aromatic carbocycles. The molecule has 1 atom stereocenters. The van der Waals surface area contributed by atoms with Crippen molar-refractivity contribution in [3.05, 3.63) is 41.1 Å². The Morgan fingerprint density at radius 1 is 1.58 bits per heavy atom. The highest BCUT2D eigenvalue weighted by Crippen LogP contribution is 2.29. The molecule has 1 aliphatic carbocycles. The van der Waals surface area contributed by atoms with Crippen molar-refractivity contribution in [1.29, 1.82) is 5.26 Å². The second kappa shape index (κ2) is 4.90. The highest BCUT2D eigenvalue weighted by atomic mass is 16.3. The molecule has 1 N–H and O–H groups in total. The van der Waals surface area contributed by atoms with Gasteiger partial charge in [0.2, 0.25) is 5.76 Å². The number of hydrogen-bond donors (Lipinski definition) is 1. The van der Waals surface area contributed by atoms with Crippen LogP contribution in [0, 0.1) is 11.3 Å². The molecule has 0 fully saturated rings. The first kappa shape index (κ1) is 12.0. The van der Waals surface area contributed by atoms with Crippen LogP contribution in [0.2, 0.25) is 0 Å². The van der Waals surface area contributed by atoms with Crippen LogP contribution in [0.4, 0.5) is 0 Å². The third-order valence-corrected chi connectivity index (χ3v) is 3.67. The second-order valence-corrected chi connectivity index (χ2v) is 4.87. The van der Waals surface area contributed by atoms with Gasteiger partial charge in [0.15, 0.2) is 0 Å². The van der Waals surface area contributed by atoms with E-state index in [1.165, 1.54) is 17.7 Å². The van der Waals surface area contributed by atoms with Gasteiger partial charge in [0.1, 0.15) is 11.8 Å². The third kappa shape index (κ3) is 2.27. The predicted molar refractivity (Wildman–Crippen MR) is 69.1 cm³/mol. The van der Waals surface area contributed by atoms with Gasteiger partial charge in [-0.05, 0) is 31.4 Å². The quantitative estimate of drug-likeness (QED) is 0.912. The molecule has 2 heterocycles. The lowest BCUT2D eigenvalue weighted by atomic mass is 9.93. The Morgan fingerprint density at radius 2 is 2.47 bits per heavy atom. The minimum absolute atomic E-state index is 0.327. The fraction of sp³-hybridized carbons (Fsp3) is 0.429. The number of furan rings is 1. The lowest BCUT2D eigenvalue weighted by molar-refractivity contribution is 0.411. The van der Waals surface area contributed by atoms with Gasteiger partial charge in [0.25, 0.3) is 0 Å². The molecule has 5 heteroatoms. The SMILES string of the molecule is Cn1ncc2c1CCCC2NCc1ccc(C#N)o1. The lowest BCUT2D eigenvalue weighted by Gasteiger charge is -2.23. The van der Waals surface area contributed by atoms with Crippen LogP contribution in [-0.2, 0) is 20.0 Å². The Balaban J connectivity index is 1.70. The number of aromatic nitrogens is 2. The summed E-state index contributed by atoms with van der Waals surface area (Å²) in [6.07, 6.45) is 5.34. The number of hydrogen-bond acceptors (Lipinski definition) is 4. The average molecular weight is 256 g/mol. The number of nitriles is 1. The van der Waals surface area contributed by atoms with E-state index in [1.807, 2.05) is 30.1 Å². The minimum atomic E-state index is 0.327. The van der Waals surface area contributed by atoms with Gasteiger partial charge in [-0.25, -0.2) is 0 Å². The summed E-state index contributed by atoms with van der Waals surface area (Å²) in [4.78, 5) is 0. The summed E-state index contributed by atoms with van der Waals surface area (Å²) in [5, 5.41) is 16.5. The van der Waals surface area contributed by atoms with Crippen LogP contribution in [0.3, 0.4) is 0 Å². The van der Waals surface area contributed by atoms with E-state index in [4.69, 9.17) is 9.68 Å². The first-order valence-electron chi connectivity index (χ1n) is 6.51. The van der Waals surface area contributed by atoms with Crippen molar-refractivity contribution < 1.29 is 4.42 Å². The molecule has 0 saturated heterocycles. The maximum Gasteiger partial charge on any atom is 0.203 e. The smallest absolute Gasteiger partial charge is 0.203 e. The van der Waals surface area contributed by atoms with Crippen LogP contribution < -0.4 is 5.32 Å². The summed E-state index contributed by atoms with van der Waals surface area (Å²) >= 11 is 0. The number of nitrogens with one attached hydrogen (secondary N) is 1. The molecule has 1 unspecified atom stereocenters. The normalized spacial score (nSPS) is 18.0. The number of nitrogens with zero attached hydrogens (tertiary/aromatic N) is 3. The van der Waals surface area contributed by atoms with Crippen molar-refractivity contribution in [2.75, 3.05) is 0 Å². The van der Waals surface area contributed by atoms with Crippen LogP contribution in [0.25, 0.3) is 0 Å². The van der Waals surface area contributed by atoms with Crippen molar-refractivity contribution in [2.24, 2.45) is 7.05 Å². The summed E-state index contributed by atoms with van der Waals surface area (Å²) in [5.74, 6) is 1.16. The summed E-state index contributed by atoms with van der Waals surface area (Å²) in [5.41, 5.74) is 2.61. The highest BCUT2D eigenvalue weighted by Gasteiger charge is 2.23. The molecule has 1 aliphatic rings. The summed E-state index contributed by atoms with van der Waals surface area (Å²) < 4.78 is 7.33. The standard InChI is InChI=1S/C14H16N4O/c1-18-14-4-2-3-13(12(14)9-17-18)16-8-11-6-5-10(7-15)19-11/h5-6,9,13,16H,2-4,8H2,1H3. The van der Waals surface area contributed by atoms with Crippen LogP contribution in [0.15, 0.2) is 22.7 Å². The fourth-order valence-corrected chi connectivity index (χ4v) is 2.68. The molecular formula is C14H16N4O. The van der Waals surface area contributed by atoms with Crippen molar-refractivity contribution in [3.8, 4) is 6.07 Å². The van der Waals surface area contributed by atoms with Crippen molar-refractivity contribution in [1.82, 2.24) is 15.1 Å². The number of aryl methyl sites for hydroxylation is 1. The Morgan fingerprint density at radius 3 is 3.26 bits per heavy atom. The zero-order valence-electron chi connectivity index (χ0n) is 10.9. The van der Waals surface area contributed by atoms with Crippen LogP contribution in [-0.4, -0.2) is 9.78 Å². The topological polar surface area (TPSA) is 66.8 Å². The molecular weight excluding hydrogens is 240 g/mol. The minimum Gasteiger partial charge on any atom is -0.449 e. The summed E-state index contributed by atoms with van der Waals surface area (Å²) in [7, 11) is 1.99. The average Bonchev–Trinajstić information content (AvgIpc) is 3.04. The molecule has 19 heavy (non-hydrogen) atoms. The van der Waals surface area contributed by atoms with Gasteiger partial charge < -0.3 is 9.73 Å². The monoisotopic (exact) mass is 256 g/mol. The van der Waals surface area contributed by atoms with E-state index in [0.717, 1.165) is 18.6 Å². The summed E-state index contributed by atoms with van der Waals surface area (Å²) in [6.45, 7) is 0.640. The molecule has 98 valence electrons. The molecule has 3 rings (SSSR count). The maximum absolute atomic E-state index is 8.73. The van der Waals surface area contributed by atoms with E-state index in [0.29, 0.717) is 18.3 Å². The van der Waals surface area contributed by atoms with Crippen molar-refractivity contribution in [3.63, 3.8) is 0 Å². The van der Waals surface area contributed by atoms with E-state index < -0.39 is 0 Å². The Labute approximate surface area is 111 Å². The Hall–Kier alpha value is -2.06. The van der Waals surface area contributed by atoms with Crippen molar-refractivity contribution in [2.45, 2.75) is 31.8 Å². The predicted octanol–water partition coefficient (Wildman–Crippen LogP) is 2.05. The molecule has 0 radical (unpaired) electrons. The van der Waals surface area contributed by atoms with E-state index in [1.54, 1.807) is 6.07 Å². The lowest BCUT2D eigenvalue weighted by Crippen LogP contribution is -2.24. The van der Waals surface area contributed by atoms with E-state index in [9.17, 15) is 0 Å². The zero-order chi connectivity index (χ0) is 13.2. The second-order valence-electron chi connectivity index (χ2n) is 4.87. The van der Waals surface area contributed by atoms with Crippen LogP contribution in [0.5, 0.6) is 0 Å². The summed E-state index contributed by atoms with van der Waals surface area (Å²) in [6, 6.07) is 5.87. The Bertz CT molecular complexity index is 620.